The molecule has 6 nitrogen and oxygen atoms in total. The lowest BCUT2D eigenvalue weighted by Crippen LogP contribution is -2.54. The fraction of sp³-hybridized carbons (Fsp3) is 0.714. The van der Waals surface area contributed by atoms with E-state index < -0.39 is 11.4 Å². The first-order chi connectivity index (χ1) is 9.65. The summed E-state index contributed by atoms with van der Waals surface area (Å²) in [7, 11) is 0. The second-order valence-electron chi connectivity index (χ2n) is 6.51. The van der Waals surface area contributed by atoms with Crippen LogP contribution in [0, 0.1) is 0 Å². The summed E-state index contributed by atoms with van der Waals surface area (Å²) >= 11 is 1.43. The Morgan fingerprint density at radius 3 is 2.86 bits per heavy atom. The summed E-state index contributed by atoms with van der Waals surface area (Å²) in [5, 5.41) is 21.2. The number of hydrogen-bond acceptors (Lipinski definition) is 6. The lowest BCUT2D eigenvalue weighted by molar-refractivity contribution is -0.142. The van der Waals surface area contributed by atoms with Gasteiger partial charge in [0.05, 0.1) is 24.0 Å². The summed E-state index contributed by atoms with van der Waals surface area (Å²) in [5.74, 6) is -0.894. The Morgan fingerprint density at radius 2 is 2.29 bits per heavy atom. The predicted octanol–water partition coefficient (Wildman–Crippen LogP) is 1.48. The molecular formula is C14H22N2O4S. The van der Waals surface area contributed by atoms with Gasteiger partial charge < -0.3 is 19.8 Å². The second kappa shape index (κ2) is 5.55. The molecule has 1 fully saturated rings. The number of carbonyl (C=O) groups is 1. The van der Waals surface area contributed by atoms with Crippen molar-refractivity contribution in [2.45, 2.75) is 44.8 Å². The molecular weight excluding hydrogens is 292 g/mol. The highest BCUT2D eigenvalue weighted by molar-refractivity contribution is 7.13. The fourth-order valence-corrected chi connectivity index (χ4v) is 3.35. The first-order valence-corrected chi connectivity index (χ1v) is 7.77. The number of aliphatic carboxylic acids is 1. The lowest BCUT2D eigenvalue weighted by Gasteiger charge is -2.42. The van der Waals surface area contributed by atoms with Crippen molar-refractivity contribution in [2.24, 2.45) is 0 Å². The summed E-state index contributed by atoms with van der Waals surface area (Å²) in [6, 6.07) is 0. The highest BCUT2D eigenvalue weighted by Gasteiger charge is 2.36. The Bertz CT molecular complexity index is 527. The second-order valence-corrected chi connectivity index (χ2v) is 7.34. The summed E-state index contributed by atoms with van der Waals surface area (Å²) in [6.45, 7) is 8.40. The lowest BCUT2D eigenvalue weighted by atomic mass is 9.90. The minimum Gasteiger partial charge on any atom is -0.481 e. The highest BCUT2D eigenvalue weighted by Crippen LogP contribution is 2.32. The number of morpholine rings is 1. The first-order valence-electron chi connectivity index (χ1n) is 6.89. The monoisotopic (exact) mass is 314 g/mol. The van der Waals surface area contributed by atoms with Crippen LogP contribution in [0.5, 0.6) is 0 Å². The van der Waals surface area contributed by atoms with Gasteiger partial charge in [-0.05, 0) is 27.7 Å². The van der Waals surface area contributed by atoms with Crippen LogP contribution in [0.4, 0.5) is 5.13 Å². The minimum absolute atomic E-state index is 0.0429. The largest absolute Gasteiger partial charge is 0.481 e. The Morgan fingerprint density at radius 1 is 1.62 bits per heavy atom. The van der Waals surface area contributed by atoms with E-state index in [4.69, 9.17) is 4.74 Å². The van der Waals surface area contributed by atoms with Crippen molar-refractivity contribution in [3.63, 3.8) is 0 Å². The van der Waals surface area contributed by atoms with Crippen molar-refractivity contribution in [1.29, 1.82) is 0 Å². The van der Waals surface area contributed by atoms with Gasteiger partial charge in [0.15, 0.2) is 5.13 Å². The molecule has 2 heterocycles. The molecule has 0 bridgehead atoms. The molecule has 0 aromatic carbocycles. The van der Waals surface area contributed by atoms with Crippen molar-refractivity contribution >= 4 is 22.4 Å². The molecule has 1 saturated heterocycles. The zero-order valence-corrected chi connectivity index (χ0v) is 13.6. The quantitative estimate of drug-likeness (QED) is 0.876. The fourth-order valence-electron chi connectivity index (χ4n) is 2.34. The number of thiazole rings is 1. The zero-order valence-electron chi connectivity index (χ0n) is 12.8. The normalized spacial score (nSPS) is 22.3. The van der Waals surface area contributed by atoms with Gasteiger partial charge in [0.25, 0.3) is 0 Å². The molecule has 2 rings (SSSR count). The molecule has 21 heavy (non-hydrogen) atoms. The van der Waals surface area contributed by atoms with E-state index in [9.17, 15) is 15.0 Å². The van der Waals surface area contributed by atoms with E-state index in [1.54, 1.807) is 19.2 Å². The molecule has 0 amide bonds. The van der Waals surface area contributed by atoms with Gasteiger partial charge in [0, 0.05) is 18.5 Å². The SMILES string of the molecule is CC1(C)CN(c2nc(C(C)(C)C(=O)O)cs2)CC(CO)O1. The van der Waals surface area contributed by atoms with Gasteiger partial charge in [-0.1, -0.05) is 0 Å². The van der Waals surface area contributed by atoms with Crippen LogP contribution in [0.25, 0.3) is 0 Å². The van der Waals surface area contributed by atoms with Gasteiger partial charge >= 0.3 is 5.97 Å². The Hall–Kier alpha value is -1.18. The molecule has 1 aromatic heterocycles. The summed E-state index contributed by atoms with van der Waals surface area (Å²) in [4.78, 5) is 17.8. The molecule has 0 spiro atoms. The number of aliphatic hydroxyl groups excluding tert-OH is 1. The molecule has 7 heteroatoms. The maximum atomic E-state index is 11.3. The van der Waals surface area contributed by atoms with Crippen LogP contribution < -0.4 is 4.90 Å². The van der Waals surface area contributed by atoms with Crippen molar-refractivity contribution in [1.82, 2.24) is 4.98 Å². The summed E-state index contributed by atoms with van der Waals surface area (Å²) in [5.41, 5.74) is -0.827. The van der Waals surface area contributed by atoms with Gasteiger partial charge in [-0.3, -0.25) is 4.79 Å². The minimum atomic E-state index is -1.01. The van der Waals surface area contributed by atoms with Gasteiger partial charge in [-0.15, -0.1) is 11.3 Å². The number of ether oxygens (including phenoxy) is 1. The molecule has 1 unspecified atom stereocenters. The molecule has 2 N–H and O–H groups in total. The number of aromatic nitrogens is 1. The molecule has 1 aromatic rings. The number of nitrogens with zero attached hydrogens (tertiary/aromatic N) is 2. The van der Waals surface area contributed by atoms with Gasteiger partial charge in [0.2, 0.25) is 0 Å². The Labute approximate surface area is 128 Å². The van der Waals surface area contributed by atoms with E-state index in [0.717, 1.165) is 5.13 Å². The van der Waals surface area contributed by atoms with Crippen LogP contribution >= 0.6 is 11.3 Å². The van der Waals surface area contributed by atoms with Crippen LogP contribution in [0.3, 0.4) is 0 Å². The van der Waals surface area contributed by atoms with Crippen LogP contribution in [0.15, 0.2) is 5.38 Å². The van der Waals surface area contributed by atoms with Crippen LogP contribution in [-0.2, 0) is 14.9 Å². The van der Waals surface area contributed by atoms with Crippen LogP contribution in [0.2, 0.25) is 0 Å². The molecule has 118 valence electrons. The number of carboxylic acids is 1. The third kappa shape index (κ3) is 3.36. The number of carboxylic acid groups (broad SMARTS) is 1. The molecule has 1 aliphatic heterocycles. The van der Waals surface area contributed by atoms with Crippen LogP contribution in [0.1, 0.15) is 33.4 Å². The average molecular weight is 314 g/mol. The standard InChI is InChI=1S/C14H22N2O4S/c1-13(2)8-16(5-9(6-17)20-13)12-15-10(7-21-12)14(3,4)11(18)19/h7,9,17H,5-6,8H2,1-4H3,(H,18,19). The Balaban J connectivity index is 2.23. The van der Waals surface area contributed by atoms with Gasteiger partial charge in [0.1, 0.15) is 5.41 Å². The van der Waals surface area contributed by atoms with E-state index in [1.165, 1.54) is 11.3 Å². The number of aliphatic hydroxyl groups is 1. The van der Waals surface area contributed by atoms with Crippen molar-refractivity contribution in [3.8, 4) is 0 Å². The summed E-state index contributed by atoms with van der Waals surface area (Å²) in [6.07, 6.45) is -0.256. The van der Waals surface area contributed by atoms with E-state index in [0.29, 0.717) is 18.8 Å². The predicted molar refractivity (Wildman–Crippen MR) is 81.0 cm³/mol. The molecule has 0 aliphatic carbocycles. The zero-order chi connectivity index (χ0) is 15.8. The smallest absolute Gasteiger partial charge is 0.315 e. The molecule has 1 aliphatic rings. The summed E-state index contributed by atoms with van der Waals surface area (Å²) < 4.78 is 5.78. The van der Waals surface area contributed by atoms with Crippen molar-refractivity contribution < 1.29 is 19.7 Å². The highest BCUT2D eigenvalue weighted by atomic mass is 32.1. The topological polar surface area (TPSA) is 82.9 Å². The maximum Gasteiger partial charge on any atom is 0.315 e. The van der Waals surface area contributed by atoms with E-state index in [1.807, 2.05) is 13.8 Å². The molecule has 0 radical (unpaired) electrons. The molecule has 1 atom stereocenters. The maximum absolute atomic E-state index is 11.3. The van der Waals surface area contributed by atoms with Crippen LogP contribution in [-0.4, -0.2) is 52.6 Å². The average Bonchev–Trinajstić information content (AvgIpc) is 2.86. The van der Waals surface area contributed by atoms with E-state index in [2.05, 4.69) is 9.88 Å². The first kappa shape index (κ1) is 16.2. The van der Waals surface area contributed by atoms with Crippen molar-refractivity contribution in [3.05, 3.63) is 11.1 Å². The van der Waals surface area contributed by atoms with Gasteiger partial charge in [-0.25, -0.2) is 4.98 Å². The third-order valence-electron chi connectivity index (χ3n) is 3.62. The number of hydrogen-bond donors (Lipinski definition) is 2. The number of anilines is 1. The molecule has 0 saturated carbocycles. The van der Waals surface area contributed by atoms with Crippen molar-refractivity contribution in [2.75, 3.05) is 24.6 Å². The van der Waals surface area contributed by atoms with E-state index in [-0.39, 0.29) is 18.3 Å². The van der Waals surface area contributed by atoms with E-state index >= 15 is 0 Å². The number of rotatable bonds is 4. The third-order valence-corrected chi connectivity index (χ3v) is 4.52. The van der Waals surface area contributed by atoms with Gasteiger partial charge in [-0.2, -0.15) is 0 Å². The Kier molecular flexibility index (Phi) is 4.28.